The van der Waals surface area contributed by atoms with Crippen molar-refractivity contribution in [1.29, 1.82) is 0 Å². The van der Waals surface area contributed by atoms with Crippen LogP contribution in [0.5, 0.6) is 0 Å². The largest absolute Gasteiger partial charge is 0.377 e. The van der Waals surface area contributed by atoms with E-state index >= 15 is 0 Å². The Bertz CT molecular complexity index is 713. The third-order valence-corrected chi connectivity index (χ3v) is 4.56. The van der Waals surface area contributed by atoms with Crippen LogP contribution in [0, 0.1) is 16.0 Å². The topological polar surface area (TPSA) is 72.2 Å². The van der Waals surface area contributed by atoms with E-state index in [1.807, 2.05) is 30.3 Å². The lowest BCUT2D eigenvalue weighted by Gasteiger charge is -2.31. The summed E-state index contributed by atoms with van der Waals surface area (Å²) in [6.07, 6.45) is 3.53. The number of carbonyl (C=O) groups is 1. The van der Waals surface area contributed by atoms with E-state index in [1.54, 1.807) is 12.1 Å². The summed E-state index contributed by atoms with van der Waals surface area (Å²) in [7, 11) is 0. The lowest BCUT2D eigenvalue weighted by atomic mass is 9.80. The minimum Gasteiger partial charge on any atom is -0.377 e. The van der Waals surface area contributed by atoms with E-state index in [4.69, 9.17) is 0 Å². The SMILES string of the molecule is O=C1CCCCC1C(Nc1ccc([N+](=O)[O-])cc1)c1ccccc1. The van der Waals surface area contributed by atoms with Gasteiger partial charge in [-0.05, 0) is 30.5 Å². The van der Waals surface area contributed by atoms with E-state index in [9.17, 15) is 14.9 Å². The molecule has 1 aliphatic rings. The summed E-state index contributed by atoms with van der Waals surface area (Å²) < 4.78 is 0. The molecule has 0 amide bonds. The van der Waals surface area contributed by atoms with Gasteiger partial charge in [0.25, 0.3) is 5.69 Å². The van der Waals surface area contributed by atoms with Gasteiger partial charge < -0.3 is 5.32 Å². The first-order chi connectivity index (χ1) is 11.6. The van der Waals surface area contributed by atoms with Gasteiger partial charge in [-0.15, -0.1) is 0 Å². The van der Waals surface area contributed by atoms with Crippen LogP contribution in [0.3, 0.4) is 0 Å². The molecule has 1 N–H and O–H groups in total. The lowest BCUT2D eigenvalue weighted by Crippen LogP contribution is -2.30. The number of Topliss-reactive ketones (excluding diaryl/α,β-unsaturated/α-hetero) is 1. The molecule has 0 radical (unpaired) electrons. The molecule has 124 valence electrons. The average Bonchev–Trinajstić information content (AvgIpc) is 2.61. The van der Waals surface area contributed by atoms with Crippen LogP contribution < -0.4 is 5.32 Å². The normalized spacial score (nSPS) is 18.8. The van der Waals surface area contributed by atoms with Gasteiger partial charge in [-0.1, -0.05) is 36.8 Å². The summed E-state index contributed by atoms with van der Waals surface area (Å²) in [5.41, 5.74) is 1.91. The van der Waals surface area contributed by atoms with E-state index in [0.717, 1.165) is 30.5 Å². The Balaban J connectivity index is 1.87. The van der Waals surface area contributed by atoms with E-state index in [2.05, 4.69) is 5.32 Å². The molecule has 0 aliphatic heterocycles. The van der Waals surface area contributed by atoms with E-state index in [-0.39, 0.29) is 17.6 Å². The maximum atomic E-state index is 12.4. The number of nitrogens with one attached hydrogen (secondary N) is 1. The summed E-state index contributed by atoms with van der Waals surface area (Å²) in [5, 5.41) is 14.2. The fourth-order valence-electron chi connectivity index (χ4n) is 3.30. The number of rotatable bonds is 5. The van der Waals surface area contributed by atoms with Crippen LogP contribution in [0.15, 0.2) is 54.6 Å². The maximum absolute atomic E-state index is 12.4. The van der Waals surface area contributed by atoms with Gasteiger partial charge in [-0.3, -0.25) is 14.9 Å². The maximum Gasteiger partial charge on any atom is 0.269 e. The van der Waals surface area contributed by atoms with Crippen LogP contribution in [0.1, 0.15) is 37.3 Å². The molecule has 0 bridgehead atoms. The molecule has 2 unspecified atom stereocenters. The highest BCUT2D eigenvalue weighted by molar-refractivity contribution is 5.83. The molecule has 2 aromatic carbocycles. The summed E-state index contributed by atoms with van der Waals surface area (Å²) in [4.78, 5) is 22.8. The quantitative estimate of drug-likeness (QED) is 0.649. The molecule has 2 aromatic rings. The molecule has 0 saturated heterocycles. The Labute approximate surface area is 140 Å². The molecule has 24 heavy (non-hydrogen) atoms. The van der Waals surface area contributed by atoms with Crippen molar-refractivity contribution in [2.45, 2.75) is 31.7 Å². The van der Waals surface area contributed by atoms with Crippen molar-refractivity contribution in [1.82, 2.24) is 0 Å². The summed E-state index contributed by atoms with van der Waals surface area (Å²) in [5.74, 6) is 0.237. The highest BCUT2D eigenvalue weighted by Crippen LogP contribution is 2.35. The van der Waals surface area contributed by atoms with Gasteiger partial charge >= 0.3 is 0 Å². The number of nitrogens with zero attached hydrogens (tertiary/aromatic N) is 1. The number of nitro groups is 1. The Morgan fingerprint density at radius 2 is 1.75 bits per heavy atom. The van der Waals surface area contributed by atoms with Crippen LogP contribution in [0.4, 0.5) is 11.4 Å². The summed E-state index contributed by atoms with van der Waals surface area (Å²) in [6.45, 7) is 0. The first kappa shape index (κ1) is 16.2. The molecular weight excluding hydrogens is 304 g/mol. The fourth-order valence-corrected chi connectivity index (χ4v) is 3.30. The van der Waals surface area contributed by atoms with Crippen molar-refractivity contribution >= 4 is 17.2 Å². The second-order valence-electron chi connectivity index (χ2n) is 6.16. The van der Waals surface area contributed by atoms with Gasteiger partial charge in [-0.25, -0.2) is 0 Å². The zero-order valence-corrected chi connectivity index (χ0v) is 13.4. The molecule has 1 saturated carbocycles. The van der Waals surface area contributed by atoms with Crippen molar-refractivity contribution in [2.24, 2.45) is 5.92 Å². The number of non-ortho nitro benzene ring substituents is 1. The molecule has 2 atom stereocenters. The average molecular weight is 324 g/mol. The minimum atomic E-state index is -0.414. The van der Waals surface area contributed by atoms with Crippen LogP contribution in [0.2, 0.25) is 0 Å². The van der Waals surface area contributed by atoms with Crippen LogP contribution in [-0.4, -0.2) is 10.7 Å². The van der Waals surface area contributed by atoms with Crippen molar-refractivity contribution < 1.29 is 9.72 Å². The fraction of sp³-hybridized carbons (Fsp3) is 0.316. The van der Waals surface area contributed by atoms with Crippen molar-refractivity contribution in [3.8, 4) is 0 Å². The highest BCUT2D eigenvalue weighted by Gasteiger charge is 2.31. The van der Waals surface area contributed by atoms with Crippen LogP contribution in [0.25, 0.3) is 0 Å². The Morgan fingerprint density at radius 1 is 1.04 bits per heavy atom. The predicted octanol–water partition coefficient (Wildman–Crippen LogP) is 4.51. The Kier molecular flexibility index (Phi) is 4.89. The summed E-state index contributed by atoms with van der Waals surface area (Å²) in [6, 6.07) is 16.2. The number of hydrogen-bond acceptors (Lipinski definition) is 4. The monoisotopic (exact) mass is 324 g/mol. The molecule has 0 heterocycles. The van der Waals surface area contributed by atoms with E-state index in [1.165, 1.54) is 12.1 Å². The van der Waals surface area contributed by atoms with Crippen LogP contribution >= 0.6 is 0 Å². The highest BCUT2D eigenvalue weighted by atomic mass is 16.6. The molecule has 3 rings (SSSR count). The molecule has 1 fully saturated rings. The second kappa shape index (κ2) is 7.25. The third-order valence-electron chi connectivity index (χ3n) is 4.56. The van der Waals surface area contributed by atoms with Crippen molar-refractivity contribution in [3.05, 3.63) is 70.3 Å². The van der Waals surface area contributed by atoms with Gasteiger partial charge in [0.05, 0.1) is 11.0 Å². The van der Waals surface area contributed by atoms with E-state index in [0.29, 0.717) is 12.2 Å². The van der Waals surface area contributed by atoms with Gasteiger partial charge in [0.15, 0.2) is 0 Å². The molecular formula is C19H20N2O3. The second-order valence-corrected chi connectivity index (χ2v) is 6.16. The lowest BCUT2D eigenvalue weighted by molar-refractivity contribution is -0.384. The van der Waals surface area contributed by atoms with E-state index < -0.39 is 4.92 Å². The third kappa shape index (κ3) is 3.62. The molecule has 1 aliphatic carbocycles. The number of nitro benzene ring substituents is 1. The van der Waals surface area contributed by atoms with Crippen LogP contribution in [-0.2, 0) is 4.79 Å². The molecule has 5 nitrogen and oxygen atoms in total. The van der Waals surface area contributed by atoms with Gasteiger partial charge in [-0.2, -0.15) is 0 Å². The zero-order valence-electron chi connectivity index (χ0n) is 13.4. The first-order valence-corrected chi connectivity index (χ1v) is 8.24. The Hall–Kier alpha value is -2.69. The van der Waals surface area contributed by atoms with Gasteiger partial charge in [0.2, 0.25) is 0 Å². The van der Waals surface area contributed by atoms with Gasteiger partial charge in [0.1, 0.15) is 5.78 Å². The van der Waals surface area contributed by atoms with Crippen molar-refractivity contribution in [2.75, 3.05) is 5.32 Å². The number of ketones is 1. The number of hydrogen-bond donors (Lipinski definition) is 1. The number of benzene rings is 2. The minimum absolute atomic E-state index is 0.0589. The zero-order chi connectivity index (χ0) is 16.9. The van der Waals surface area contributed by atoms with Crippen molar-refractivity contribution in [3.63, 3.8) is 0 Å². The standard InChI is InChI=1S/C19H20N2O3/c22-18-9-5-4-8-17(18)19(14-6-2-1-3-7-14)20-15-10-12-16(13-11-15)21(23)24/h1-3,6-7,10-13,17,19-20H,4-5,8-9H2. The first-order valence-electron chi connectivity index (χ1n) is 8.24. The predicted molar refractivity (Wildman–Crippen MR) is 92.9 cm³/mol. The number of anilines is 1. The molecule has 5 heteroatoms. The Morgan fingerprint density at radius 3 is 2.38 bits per heavy atom. The molecule has 0 spiro atoms. The summed E-state index contributed by atoms with van der Waals surface area (Å²) >= 11 is 0. The molecule has 0 aromatic heterocycles. The smallest absolute Gasteiger partial charge is 0.269 e. The van der Waals surface area contributed by atoms with Gasteiger partial charge in [0, 0.05) is 30.2 Å². The number of carbonyl (C=O) groups excluding carboxylic acids is 1.